The number of esters is 1. The summed E-state index contributed by atoms with van der Waals surface area (Å²) in [5, 5.41) is 2.65. The number of carbonyl (C=O) groups is 2. The van der Waals surface area contributed by atoms with Crippen molar-refractivity contribution in [2.75, 3.05) is 5.32 Å². The number of amides is 1. The van der Waals surface area contributed by atoms with E-state index in [1.165, 1.54) is 13.0 Å². The summed E-state index contributed by atoms with van der Waals surface area (Å²) in [5.74, 6) is -1.13. The summed E-state index contributed by atoms with van der Waals surface area (Å²) in [6, 6.07) is 8.45. The molecule has 2 aromatic rings. The zero-order valence-corrected chi connectivity index (χ0v) is 15.1. The van der Waals surface area contributed by atoms with Crippen molar-refractivity contribution in [1.82, 2.24) is 0 Å². The molecule has 1 aromatic heterocycles. The number of nitrogens with one attached hydrogen (secondary N) is 1. The number of anilines is 1. The van der Waals surface area contributed by atoms with Gasteiger partial charge in [-0.15, -0.1) is 11.3 Å². The molecule has 2 rings (SSSR count). The van der Waals surface area contributed by atoms with Crippen LogP contribution in [0.1, 0.15) is 17.3 Å². The first-order valence-corrected chi connectivity index (χ1v) is 8.45. The van der Waals surface area contributed by atoms with Gasteiger partial charge in [-0.2, -0.15) is 0 Å². The van der Waals surface area contributed by atoms with E-state index in [1.54, 1.807) is 24.3 Å². The van der Waals surface area contributed by atoms with Crippen LogP contribution in [0.15, 0.2) is 34.8 Å². The zero-order chi connectivity index (χ0) is 16.3. The number of benzene rings is 1. The van der Waals surface area contributed by atoms with Crippen molar-refractivity contribution in [3.05, 3.63) is 49.0 Å². The van der Waals surface area contributed by atoms with Crippen molar-refractivity contribution in [2.24, 2.45) is 0 Å². The molecule has 8 heteroatoms. The molecule has 116 valence electrons. The maximum atomic E-state index is 12.0. The first kappa shape index (κ1) is 17.3. The van der Waals surface area contributed by atoms with Gasteiger partial charge in [0.25, 0.3) is 5.91 Å². The van der Waals surface area contributed by atoms with E-state index < -0.39 is 18.0 Å². The Morgan fingerprint density at radius 3 is 2.45 bits per heavy atom. The lowest BCUT2D eigenvalue weighted by Gasteiger charge is -2.13. The summed E-state index contributed by atoms with van der Waals surface area (Å²) >= 11 is 16.0. The van der Waals surface area contributed by atoms with Gasteiger partial charge in [0.05, 0.1) is 9.90 Å². The van der Waals surface area contributed by atoms with Gasteiger partial charge in [0, 0.05) is 10.2 Å². The minimum atomic E-state index is -0.967. The monoisotopic (exact) mass is 421 g/mol. The predicted octanol–water partition coefficient (Wildman–Crippen LogP) is 5.00. The van der Waals surface area contributed by atoms with Crippen LogP contribution < -0.4 is 5.32 Å². The van der Waals surface area contributed by atoms with Crippen LogP contribution in [0.25, 0.3) is 0 Å². The number of hydrogen-bond donors (Lipinski definition) is 1. The van der Waals surface area contributed by atoms with Crippen molar-refractivity contribution in [1.29, 1.82) is 0 Å². The van der Waals surface area contributed by atoms with Gasteiger partial charge in [-0.3, -0.25) is 4.79 Å². The Hall–Kier alpha value is -1.08. The first-order valence-electron chi connectivity index (χ1n) is 6.09. The summed E-state index contributed by atoms with van der Waals surface area (Å²) in [6.07, 6.45) is -0.967. The highest BCUT2D eigenvalue weighted by molar-refractivity contribution is 9.10. The maximum absolute atomic E-state index is 12.0. The Morgan fingerprint density at radius 2 is 1.91 bits per heavy atom. The Labute approximate surface area is 149 Å². The Balaban J connectivity index is 1.97. The minimum absolute atomic E-state index is 0.153. The normalized spacial score (nSPS) is 11.8. The SMILES string of the molecule is CC(OC(=O)c1cc(Cl)sc1Cl)C(=O)Nc1ccc(Br)cc1. The van der Waals surface area contributed by atoms with Gasteiger partial charge in [-0.25, -0.2) is 4.79 Å². The third-order valence-corrected chi connectivity index (χ3v) is 4.66. The number of halogens is 3. The van der Waals surface area contributed by atoms with Crippen LogP contribution in [0.3, 0.4) is 0 Å². The molecule has 0 spiro atoms. The Kier molecular flexibility index (Phi) is 5.86. The predicted molar refractivity (Wildman–Crippen MR) is 92.0 cm³/mol. The average molecular weight is 423 g/mol. The fourth-order valence-corrected chi connectivity index (χ4v) is 3.24. The second-order valence-electron chi connectivity index (χ2n) is 4.28. The maximum Gasteiger partial charge on any atom is 0.341 e. The molecule has 4 nitrogen and oxygen atoms in total. The van der Waals surface area contributed by atoms with Crippen LogP contribution in [0.2, 0.25) is 8.67 Å². The molecule has 0 aliphatic carbocycles. The standard InChI is InChI=1S/C14H10BrCl2NO3S/c1-7(13(19)18-9-4-2-8(15)3-5-9)21-14(20)10-6-11(16)22-12(10)17/h2-7H,1H3,(H,18,19). The molecule has 0 fully saturated rings. The molecule has 1 N–H and O–H groups in total. The van der Waals surface area contributed by atoms with E-state index in [4.69, 9.17) is 27.9 Å². The number of rotatable bonds is 4. The van der Waals surface area contributed by atoms with E-state index >= 15 is 0 Å². The van der Waals surface area contributed by atoms with Crippen LogP contribution >= 0.6 is 50.5 Å². The molecule has 0 radical (unpaired) electrons. The summed E-state index contributed by atoms with van der Waals surface area (Å²) < 4.78 is 6.60. The third-order valence-electron chi connectivity index (χ3n) is 2.64. The van der Waals surface area contributed by atoms with E-state index in [1.807, 2.05) is 0 Å². The smallest absolute Gasteiger partial charge is 0.341 e. The molecule has 1 aromatic carbocycles. The molecule has 0 aliphatic heterocycles. The fraction of sp³-hybridized carbons (Fsp3) is 0.143. The van der Waals surface area contributed by atoms with Crippen molar-refractivity contribution < 1.29 is 14.3 Å². The van der Waals surface area contributed by atoms with E-state index in [0.717, 1.165) is 15.8 Å². The van der Waals surface area contributed by atoms with Gasteiger partial charge < -0.3 is 10.1 Å². The van der Waals surface area contributed by atoms with Crippen molar-refractivity contribution in [3.8, 4) is 0 Å². The lowest BCUT2D eigenvalue weighted by Crippen LogP contribution is -2.29. The van der Waals surface area contributed by atoms with Gasteiger partial charge in [0.2, 0.25) is 0 Å². The average Bonchev–Trinajstić information content (AvgIpc) is 2.80. The summed E-state index contributed by atoms with van der Waals surface area (Å²) in [5.41, 5.74) is 0.757. The molecule has 1 unspecified atom stereocenters. The van der Waals surface area contributed by atoms with Crippen LogP contribution in [-0.4, -0.2) is 18.0 Å². The van der Waals surface area contributed by atoms with Gasteiger partial charge in [0.15, 0.2) is 6.10 Å². The lowest BCUT2D eigenvalue weighted by atomic mass is 10.3. The van der Waals surface area contributed by atoms with Crippen LogP contribution in [0, 0.1) is 0 Å². The molecule has 0 saturated heterocycles. The van der Waals surface area contributed by atoms with Crippen LogP contribution in [-0.2, 0) is 9.53 Å². The summed E-state index contributed by atoms with van der Waals surface area (Å²) in [7, 11) is 0. The van der Waals surface area contributed by atoms with Crippen LogP contribution in [0.5, 0.6) is 0 Å². The molecule has 1 heterocycles. The van der Waals surface area contributed by atoms with Crippen molar-refractivity contribution in [2.45, 2.75) is 13.0 Å². The molecule has 1 atom stereocenters. The fourth-order valence-electron chi connectivity index (χ4n) is 1.53. The molecule has 22 heavy (non-hydrogen) atoms. The second-order valence-corrected chi connectivity index (χ2v) is 7.48. The van der Waals surface area contributed by atoms with Crippen molar-refractivity contribution in [3.63, 3.8) is 0 Å². The molecular weight excluding hydrogens is 413 g/mol. The van der Waals surface area contributed by atoms with Gasteiger partial charge in [0.1, 0.15) is 4.34 Å². The van der Waals surface area contributed by atoms with Crippen molar-refractivity contribution >= 4 is 68.0 Å². The quantitative estimate of drug-likeness (QED) is 0.705. The number of thiophene rings is 1. The number of ether oxygens (including phenoxy) is 1. The Bertz CT molecular complexity index is 703. The van der Waals surface area contributed by atoms with Gasteiger partial charge in [-0.05, 0) is 37.3 Å². The Morgan fingerprint density at radius 1 is 1.27 bits per heavy atom. The lowest BCUT2D eigenvalue weighted by molar-refractivity contribution is -0.123. The van der Waals surface area contributed by atoms with E-state index in [2.05, 4.69) is 21.2 Å². The number of carbonyl (C=O) groups excluding carboxylic acids is 2. The van der Waals surface area contributed by atoms with E-state index in [0.29, 0.717) is 10.0 Å². The first-order chi connectivity index (χ1) is 10.4. The highest BCUT2D eigenvalue weighted by atomic mass is 79.9. The highest BCUT2D eigenvalue weighted by Crippen LogP contribution is 2.31. The zero-order valence-electron chi connectivity index (χ0n) is 11.2. The third kappa shape index (κ3) is 4.46. The second kappa shape index (κ2) is 7.46. The molecule has 1 amide bonds. The summed E-state index contributed by atoms with van der Waals surface area (Å²) in [4.78, 5) is 23.9. The van der Waals surface area contributed by atoms with E-state index in [-0.39, 0.29) is 9.90 Å². The largest absolute Gasteiger partial charge is 0.449 e. The number of hydrogen-bond acceptors (Lipinski definition) is 4. The molecular formula is C14H10BrCl2NO3S. The van der Waals surface area contributed by atoms with E-state index in [9.17, 15) is 9.59 Å². The minimum Gasteiger partial charge on any atom is -0.449 e. The highest BCUT2D eigenvalue weighted by Gasteiger charge is 2.22. The topological polar surface area (TPSA) is 55.4 Å². The van der Waals surface area contributed by atoms with Gasteiger partial charge in [-0.1, -0.05) is 39.1 Å². The molecule has 0 saturated carbocycles. The summed E-state index contributed by atoms with van der Waals surface area (Å²) in [6.45, 7) is 1.48. The molecule has 0 bridgehead atoms. The van der Waals surface area contributed by atoms with Gasteiger partial charge >= 0.3 is 5.97 Å². The van der Waals surface area contributed by atoms with Crippen LogP contribution in [0.4, 0.5) is 5.69 Å². The molecule has 0 aliphatic rings.